The van der Waals surface area contributed by atoms with Crippen molar-refractivity contribution in [1.82, 2.24) is 9.97 Å². The number of benzene rings is 4. The van der Waals surface area contributed by atoms with Gasteiger partial charge in [0.05, 0.1) is 11.4 Å². The van der Waals surface area contributed by atoms with E-state index in [1.54, 1.807) is 34.9 Å². The normalized spacial score (nSPS) is 12.0. The average molecular weight is 607 g/mol. The number of rotatable bonds is 7. The van der Waals surface area contributed by atoms with Crippen LogP contribution in [0.15, 0.2) is 95.7 Å². The summed E-state index contributed by atoms with van der Waals surface area (Å²) in [6.45, 7) is 0. The first-order valence-corrected chi connectivity index (χ1v) is 14.2. The van der Waals surface area contributed by atoms with Gasteiger partial charge in [-0.1, -0.05) is 84.9 Å². The lowest BCUT2D eigenvalue weighted by atomic mass is 10.0. The van der Waals surface area contributed by atoms with Crippen LogP contribution in [0.3, 0.4) is 0 Å². The van der Waals surface area contributed by atoms with Gasteiger partial charge < -0.3 is 0 Å². The minimum atomic E-state index is -5.39. The van der Waals surface area contributed by atoms with E-state index in [0.29, 0.717) is 22.5 Å². The van der Waals surface area contributed by atoms with E-state index in [1.165, 1.54) is 10.8 Å². The molecule has 2 N–H and O–H groups in total. The highest BCUT2D eigenvalue weighted by atomic mass is 32.1. The summed E-state index contributed by atoms with van der Waals surface area (Å²) in [6, 6.07) is 25.7. The molecule has 2 heterocycles. The third-order valence-corrected chi connectivity index (χ3v) is 8.06. The number of carbonyl (C=O) groups excluding carboxylic acids is 2. The molecule has 0 aliphatic carbocycles. The maximum atomic E-state index is 14.8. The molecular formula is C30H18F4N4O2S2. The first-order valence-electron chi connectivity index (χ1n) is 12.4. The summed E-state index contributed by atoms with van der Waals surface area (Å²) in [4.78, 5) is 32.9. The number of hydrogen-bond acceptors (Lipinski definition) is 6. The van der Waals surface area contributed by atoms with Crippen molar-refractivity contribution >= 4 is 66.3 Å². The molecule has 6 rings (SSSR count). The van der Waals surface area contributed by atoms with E-state index in [0.717, 1.165) is 44.2 Å². The van der Waals surface area contributed by atoms with Gasteiger partial charge in [0.15, 0.2) is 10.3 Å². The Morgan fingerprint density at radius 1 is 0.571 bits per heavy atom. The molecule has 0 saturated heterocycles. The smallest absolute Gasteiger partial charge is 0.296 e. The van der Waals surface area contributed by atoms with Crippen LogP contribution >= 0.6 is 22.7 Å². The lowest BCUT2D eigenvalue weighted by Crippen LogP contribution is -2.56. The SMILES string of the molecule is O=C(Nc1nc(-c2cccc3ccccc23)cs1)C(F)(F)C(F)(F)C(=O)Nc1nc(-c2cccc3ccccc23)cs1. The number of nitrogens with one attached hydrogen (secondary N) is 2. The molecular weight excluding hydrogens is 588 g/mol. The van der Waals surface area contributed by atoms with Crippen LogP contribution in [0.5, 0.6) is 0 Å². The van der Waals surface area contributed by atoms with Crippen LogP contribution in [-0.4, -0.2) is 33.6 Å². The second-order valence-corrected chi connectivity index (χ2v) is 10.9. The van der Waals surface area contributed by atoms with Gasteiger partial charge in [-0.25, -0.2) is 9.97 Å². The summed E-state index contributed by atoms with van der Waals surface area (Å²) in [5.74, 6) is -15.5. The molecule has 4 aromatic carbocycles. The molecule has 2 amide bonds. The molecule has 210 valence electrons. The lowest BCUT2D eigenvalue weighted by Gasteiger charge is -2.23. The Labute approximate surface area is 243 Å². The Hall–Kier alpha value is -4.68. The first kappa shape index (κ1) is 27.5. The van der Waals surface area contributed by atoms with Crippen molar-refractivity contribution in [2.24, 2.45) is 0 Å². The van der Waals surface area contributed by atoms with Crippen molar-refractivity contribution in [3.63, 3.8) is 0 Å². The Morgan fingerprint density at radius 3 is 1.38 bits per heavy atom. The van der Waals surface area contributed by atoms with Gasteiger partial charge in [-0.3, -0.25) is 20.2 Å². The number of anilines is 2. The quantitative estimate of drug-likeness (QED) is 0.180. The number of carbonyl (C=O) groups is 2. The van der Waals surface area contributed by atoms with Gasteiger partial charge >= 0.3 is 23.7 Å². The molecule has 0 spiro atoms. The number of thiazole rings is 2. The number of hydrogen-bond donors (Lipinski definition) is 2. The third kappa shape index (κ3) is 4.88. The summed E-state index contributed by atoms with van der Waals surface area (Å²) in [5.41, 5.74) is 2.08. The largest absolute Gasteiger partial charge is 0.396 e. The van der Waals surface area contributed by atoms with Crippen LogP contribution < -0.4 is 10.6 Å². The molecule has 0 radical (unpaired) electrons. The van der Waals surface area contributed by atoms with Gasteiger partial charge in [0, 0.05) is 21.9 Å². The average Bonchev–Trinajstić information content (AvgIpc) is 3.66. The zero-order valence-corrected chi connectivity index (χ0v) is 22.9. The highest BCUT2D eigenvalue weighted by Gasteiger charge is 2.67. The topological polar surface area (TPSA) is 84.0 Å². The van der Waals surface area contributed by atoms with Gasteiger partial charge in [0.2, 0.25) is 0 Å². The maximum absolute atomic E-state index is 14.8. The van der Waals surface area contributed by atoms with Gasteiger partial charge in [-0.05, 0) is 21.5 Å². The third-order valence-electron chi connectivity index (χ3n) is 6.55. The van der Waals surface area contributed by atoms with E-state index in [9.17, 15) is 27.2 Å². The van der Waals surface area contributed by atoms with E-state index in [-0.39, 0.29) is 10.3 Å². The van der Waals surface area contributed by atoms with E-state index in [1.807, 2.05) is 60.7 Å². The highest BCUT2D eigenvalue weighted by Crippen LogP contribution is 2.38. The first-order chi connectivity index (χ1) is 20.1. The molecule has 0 aliphatic heterocycles. The summed E-state index contributed by atoms with van der Waals surface area (Å²) in [6.07, 6.45) is 0. The van der Waals surface area contributed by atoms with Crippen LogP contribution in [0.2, 0.25) is 0 Å². The van der Waals surface area contributed by atoms with Gasteiger partial charge in [0.25, 0.3) is 0 Å². The van der Waals surface area contributed by atoms with Crippen LogP contribution in [0.1, 0.15) is 0 Å². The lowest BCUT2D eigenvalue weighted by molar-refractivity contribution is -0.204. The van der Waals surface area contributed by atoms with Gasteiger partial charge in [0.1, 0.15) is 0 Å². The van der Waals surface area contributed by atoms with Gasteiger partial charge in [-0.2, -0.15) is 17.6 Å². The molecule has 6 aromatic rings. The van der Waals surface area contributed by atoms with Crippen molar-refractivity contribution in [3.05, 3.63) is 95.7 Å². The van der Waals surface area contributed by atoms with Gasteiger partial charge in [-0.15, -0.1) is 22.7 Å². The molecule has 0 atom stereocenters. The minimum absolute atomic E-state index is 0.321. The van der Waals surface area contributed by atoms with Crippen molar-refractivity contribution in [1.29, 1.82) is 0 Å². The van der Waals surface area contributed by atoms with E-state index < -0.39 is 23.7 Å². The Bertz CT molecular complexity index is 1820. The number of fused-ring (bicyclic) bond motifs is 2. The number of nitrogens with zero attached hydrogens (tertiary/aromatic N) is 2. The fourth-order valence-corrected chi connectivity index (χ4v) is 5.85. The second kappa shape index (κ2) is 10.6. The van der Waals surface area contributed by atoms with Crippen LogP contribution in [-0.2, 0) is 9.59 Å². The van der Waals surface area contributed by atoms with Crippen LogP contribution in [0, 0.1) is 0 Å². The molecule has 0 aliphatic rings. The minimum Gasteiger partial charge on any atom is -0.296 e. The standard InChI is InChI=1S/C30H18F4N4O2S2/c31-29(32,25(39)37-27-35-23(15-41-27)21-13-5-9-17-7-1-3-11-19(17)21)30(33,34)26(40)38-28-36-24(16-42-28)22-14-6-10-18-8-2-4-12-20(18)22/h1-16H,(H,35,37,39)(H,36,38,40). The van der Waals surface area contributed by atoms with E-state index >= 15 is 0 Å². The predicted molar refractivity (Wildman–Crippen MR) is 157 cm³/mol. The molecule has 0 unspecified atom stereocenters. The Morgan fingerprint density at radius 2 is 0.952 bits per heavy atom. The van der Waals surface area contributed by atoms with E-state index in [4.69, 9.17) is 0 Å². The highest BCUT2D eigenvalue weighted by molar-refractivity contribution is 7.14. The maximum Gasteiger partial charge on any atom is 0.396 e. The summed E-state index contributed by atoms with van der Waals surface area (Å²) in [7, 11) is 0. The van der Waals surface area contributed by atoms with Crippen LogP contribution in [0.4, 0.5) is 27.8 Å². The second-order valence-electron chi connectivity index (χ2n) is 9.19. The fourth-order valence-electron chi connectivity index (χ4n) is 4.44. The van der Waals surface area contributed by atoms with Crippen molar-refractivity contribution in [3.8, 4) is 22.5 Å². The van der Waals surface area contributed by atoms with Crippen molar-refractivity contribution in [2.45, 2.75) is 11.8 Å². The molecule has 0 bridgehead atoms. The van der Waals surface area contributed by atoms with Crippen LogP contribution in [0.25, 0.3) is 44.1 Å². The Balaban J connectivity index is 1.17. The number of halogens is 4. The zero-order valence-electron chi connectivity index (χ0n) is 21.3. The molecule has 42 heavy (non-hydrogen) atoms. The monoisotopic (exact) mass is 606 g/mol. The fraction of sp³-hybridized carbons (Fsp3) is 0.0667. The molecule has 2 aromatic heterocycles. The number of alkyl halides is 4. The predicted octanol–water partition coefficient (Wildman–Crippen LogP) is 8.09. The summed E-state index contributed by atoms with van der Waals surface area (Å²) in [5, 5.41) is 9.34. The summed E-state index contributed by atoms with van der Waals surface area (Å²) < 4.78 is 59.0. The van der Waals surface area contributed by atoms with E-state index in [2.05, 4.69) is 9.97 Å². The Kier molecular flexibility index (Phi) is 6.95. The molecule has 6 nitrogen and oxygen atoms in total. The zero-order chi connectivity index (χ0) is 29.5. The number of amides is 2. The molecule has 12 heteroatoms. The molecule has 0 fully saturated rings. The number of aromatic nitrogens is 2. The van der Waals surface area contributed by atoms with Crippen molar-refractivity contribution in [2.75, 3.05) is 10.6 Å². The molecule has 0 saturated carbocycles. The van der Waals surface area contributed by atoms with Crippen molar-refractivity contribution < 1.29 is 27.2 Å². The summed E-state index contributed by atoms with van der Waals surface area (Å²) >= 11 is 1.58.